The van der Waals surface area contributed by atoms with Crippen LogP contribution in [0.1, 0.15) is 5.56 Å². The molecule has 2 heterocycles. The summed E-state index contributed by atoms with van der Waals surface area (Å²) >= 11 is 0. The van der Waals surface area contributed by atoms with Crippen molar-refractivity contribution < 1.29 is 9.53 Å². The van der Waals surface area contributed by atoms with E-state index in [0.29, 0.717) is 6.54 Å². The second kappa shape index (κ2) is 6.89. The van der Waals surface area contributed by atoms with E-state index in [1.165, 1.54) is 5.01 Å². The second-order valence-electron chi connectivity index (χ2n) is 5.85. The molecule has 1 atom stereocenters. The number of cyclic esters (lactones) is 1. The van der Waals surface area contributed by atoms with Gasteiger partial charge in [0, 0.05) is 32.7 Å². The molecule has 0 N–H and O–H groups in total. The maximum Gasteiger partial charge on any atom is 0.430 e. The number of carbonyl (C=O) groups is 1. The van der Waals surface area contributed by atoms with Gasteiger partial charge in [0.05, 0.1) is 12.8 Å². The molecular weight excluding hydrogens is 280 g/mol. The van der Waals surface area contributed by atoms with Gasteiger partial charge in [0.1, 0.15) is 6.10 Å². The summed E-state index contributed by atoms with van der Waals surface area (Å²) in [6, 6.07) is 9.74. The zero-order valence-electron chi connectivity index (χ0n) is 12.9. The van der Waals surface area contributed by atoms with Gasteiger partial charge in [0.15, 0.2) is 0 Å². The number of carbonyl (C=O) groups excluding carboxylic acids is 1. The topological polar surface area (TPSA) is 48.4 Å². The molecule has 6 nitrogen and oxygen atoms in total. The zero-order valence-corrected chi connectivity index (χ0v) is 12.9. The number of hydrogen-bond acceptors (Lipinski definition) is 5. The maximum absolute atomic E-state index is 11.9. The van der Waals surface area contributed by atoms with Crippen LogP contribution in [0.5, 0.6) is 0 Å². The summed E-state index contributed by atoms with van der Waals surface area (Å²) in [5, 5.41) is 5.65. The molecule has 3 rings (SSSR count). The first-order valence-corrected chi connectivity index (χ1v) is 7.69. The standard InChI is InChI=1S/C16H22N4O2/c1-18-7-9-19(10-8-18)12-15-13-20(16(21)22-15)17-11-14-5-3-2-4-6-14/h2-6,11,15H,7-10,12-13H2,1H3. The number of rotatable bonds is 4. The molecule has 2 fully saturated rings. The first-order valence-electron chi connectivity index (χ1n) is 7.69. The molecule has 0 saturated carbocycles. The summed E-state index contributed by atoms with van der Waals surface area (Å²) in [5.41, 5.74) is 0.970. The smallest absolute Gasteiger partial charge is 0.430 e. The Labute approximate surface area is 130 Å². The van der Waals surface area contributed by atoms with Crippen LogP contribution in [0.25, 0.3) is 0 Å². The van der Waals surface area contributed by atoms with E-state index >= 15 is 0 Å². The molecule has 1 amide bonds. The fourth-order valence-corrected chi connectivity index (χ4v) is 2.69. The number of amides is 1. The third-order valence-electron chi connectivity index (χ3n) is 4.06. The number of ether oxygens (including phenoxy) is 1. The Kier molecular flexibility index (Phi) is 4.70. The largest absolute Gasteiger partial charge is 0.441 e. The summed E-state index contributed by atoms with van der Waals surface area (Å²) < 4.78 is 5.41. The molecule has 0 aliphatic carbocycles. The number of piperazine rings is 1. The van der Waals surface area contributed by atoms with Crippen molar-refractivity contribution in [2.45, 2.75) is 6.10 Å². The van der Waals surface area contributed by atoms with E-state index < -0.39 is 0 Å². The fourth-order valence-electron chi connectivity index (χ4n) is 2.69. The van der Waals surface area contributed by atoms with Crippen LogP contribution < -0.4 is 0 Å². The minimum atomic E-state index is -0.355. The third-order valence-corrected chi connectivity index (χ3v) is 4.06. The molecule has 2 saturated heterocycles. The van der Waals surface area contributed by atoms with E-state index in [1.54, 1.807) is 6.21 Å². The van der Waals surface area contributed by atoms with Crippen LogP contribution in [-0.4, -0.2) is 79.5 Å². The lowest BCUT2D eigenvalue weighted by Gasteiger charge is -2.33. The first-order chi connectivity index (χ1) is 10.7. The lowest BCUT2D eigenvalue weighted by molar-refractivity contribution is 0.0835. The molecule has 1 unspecified atom stereocenters. The monoisotopic (exact) mass is 302 g/mol. The highest BCUT2D eigenvalue weighted by Crippen LogP contribution is 2.14. The Morgan fingerprint density at radius 1 is 1.23 bits per heavy atom. The Hall–Kier alpha value is -1.92. The van der Waals surface area contributed by atoms with Gasteiger partial charge in [-0.15, -0.1) is 0 Å². The number of hydrogen-bond donors (Lipinski definition) is 0. The van der Waals surface area contributed by atoms with Crippen LogP contribution in [0.2, 0.25) is 0 Å². The molecule has 22 heavy (non-hydrogen) atoms. The van der Waals surface area contributed by atoms with Crippen LogP contribution in [-0.2, 0) is 4.74 Å². The summed E-state index contributed by atoms with van der Waals surface area (Å²) in [6.07, 6.45) is 1.24. The lowest BCUT2D eigenvalue weighted by atomic mass is 10.2. The minimum absolute atomic E-state index is 0.0937. The van der Waals surface area contributed by atoms with Crippen LogP contribution >= 0.6 is 0 Å². The van der Waals surface area contributed by atoms with Crippen molar-refractivity contribution in [1.29, 1.82) is 0 Å². The summed E-state index contributed by atoms with van der Waals surface area (Å²) in [7, 11) is 2.13. The highest BCUT2D eigenvalue weighted by atomic mass is 16.6. The molecule has 0 aromatic heterocycles. The van der Waals surface area contributed by atoms with E-state index in [-0.39, 0.29) is 12.2 Å². The van der Waals surface area contributed by atoms with E-state index in [4.69, 9.17) is 4.74 Å². The number of benzene rings is 1. The average molecular weight is 302 g/mol. The third kappa shape index (κ3) is 3.84. The van der Waals surface area contributed by atoms with Crippen molar-refractivity contribution in [2.24, 2.45) is 5.10 Å². The van der Waals surface area contributed by atoms with Gasteiger partial charge in [0.25, 0.3) is 0 Å². The molecule has 1 aromatic rings. The van der Waals surface area contributed by atoms with Gasteiger partial charge in [0.2, 0.25) is 0 Å². The normalized spacial score (nSPS) is 24.1. The van der Waals surface area contributed by atoms with Crippen LogP contribution in [0.4, 0.5) is 4.79 Å². The van der Waals surface area contributed by atoms with Gasteiger partial charge in [-0.2, -0.15) is 10.1 Å². The van der Waals surface area contributed by atoms with E-state index in [1.807, 2.05) is 30.3 Å². The van der Waals surface area contributed by atoms with Crippen LogP contribution in [0.3, 0.4) is 0 Å². The number of hydrazone groups is 1. The number of likely N-dealkylation sites (N-methyl/N-ethyl adjacent to an activating group) is 1. The predicted octanol–water partition coefficient (Wildman–Crippen LogP) is 1.09. The molecule has 2 aliphatic heterocycles. The quantitative estimate of drug-likeness (QED) is 0.781. The Morgan fingerprint density at radius 3 is 2.68 bits per heavy atom. The predicted molar refractivity (Wildman–Crippen MR) is 84.9 cm³/mol. The minimum Gasteiger partial charge on any atom is -0.441 e. The van der Waals surface area contributed by atoms with Crippen molar-refractivity contribution in [2.75, 3.05) is 46.3 Å². The van der Waals surface area contributed by atoms with Gasteiger partial charge in [-0.25, -0.2) is 4.79 Å². The van der Waals surface area contributed by atoms with E-state index in [2.05, 4.69) is 21.9 Å². The van der Waals surface area contributed by atoms with Gasteiger partial charge in [-0.1, -0.05) is 30.3 Å². The molecule has 0 bridgehead atoms. The average Bonchev–Trinajstić information content (AvgIpc) is 2.88. The SMILES string of the molecule is CN1CCN(CC2CN(N=Cc3ccccc3)C(=O)O2)CC1. The number of nitrogens with zero attached hydrogens (tertiary/aromatic N) is 4. The Balaban J connectivity index is 1.51. The van der Waals surface area contributed by atoms with Crippen molar-refractivity contribution in [1.82, 2.24) is 14.8 Å². The summed E-state index contributed by atoms with van der Waals surface area (Å²) in [6.45, 7) is 5.49. The molecule has 0 spiro atoms. The Morgan fingerprint density at radius 2 is 1.95 bits per heavy atom. The van der Waals surface area contributed by atoms with E-state index in [9.17, 15) is 4.79 Å². The van der Waals surface area contributed by atoms with Crippen LogP contribution in [0.15, 0.2) is 35.4 Å². The van der Waals surface area contributed by atoms with Gasteiger partial charge < -0.3 is 9.64 Å². The van der Waals surface area contributed by atoms with Gasteiger partial charge >= 0.3 is 6.09 Å². The van der Waals surface area contributed by atoms with Crippen LogP contribution in [0, 0.1) is 0 Å². The lowest BCUT2D eigenvalue weighted by Crippen LogP contribution is -2.47. The molecule has 2 aliphatic rings. The highest BCUT2D eigenvalue weighted by molar-refractivity contribution is 5.81. The van der Waals surface area contributed by atoms with Crippen molar-refractivity contribution >= 4 is 12.3 Å². The molecule has 0 radical (unpaired) electrons. The molecule has 1 aromatic carbocycles. The summed E-state index contributed by atoms with van der Waals surface area (Å²) in [4.78, 5) is 16.5. The summed E-state index contributed by atoms with van der Waals surface area (Å²) in [5.74, 6) is 0. The van der Waals surface area contributed by atoms with Gasteiger partial charge in [-0.05, 0) is 12.6 Å². The fraction of sp³-hybridized carbons (Fsp3) is 0.500. The first kappa shape index (κ1) is 15.0. The van der Waals surface area contributed by atoms with Crippen molar-refractivity contribution in [3.8, 4) is 0 Å². The molecule has 6 heteroatoms. The molecule has 118 valence electrons. The Bertz CT molecular complexity index is 526. The van der Waals surface area contributed by atoms with Crippen molar-refractivity contribution in [3.63, 3.8) is 0 Å². The van der Waals surface area contributed by atoms with Gasteiger partial charge in [-0.3, -0.25) is 4.90 Å². The molecular formula is C16H22N4O2. The van der Waals surface area contributed by atoms with Crippen molar-refractivity contribution in [3.05, 3.63) is 35.9 Å². The van der Waals surface area contributed by atoms with E-state index in [0.717, 1.165) is 38.3 Å². The second-order valence-corrected chi connectivity index (χ2v) is 5.85. The zero-order chi connectivity index (χ0) is 15.4. The highest BCUT2D eigenvalue weighted by Gasteiger charge is 2.32. The maximum atomic E-state index is 11.9.